The molecule has 0 fully saturated rings. The standard InChI is InChI=1S/C29H16Br2Cl3N3O3/c30-16-11-15(27(21(31)12-16)40-29(39)19-10-9-17(32)13-23(19)34)14-35-37-28(38)26-25(18-5-1-3-7-22(18)33)20-6-2-4-8-24(20)36-26/h1-14,36H,(H,37,38). The van der Waals surface area contributed by atoms with E-state index in [0.29, 0.717) is 41.4 Å². The number of aromatic nitrogens is 1. The van der Waals surface area contributed by atoms with Crippen molar-refractivity contribution >= 4 is 95.7 Å². The molecule has 5 aromatic rings. The van der Waals surface area contributed by atoms with Crippen molar-refractivity contribution in [2.45, 2.75) is 0 Å². The molecule has 0 aliphatic rings. The Morgan fingerprint density at radius 1 is 0.900 bits per heavy atom. The second-order valence-electron chi connectivity index (χ2n) is 8.42. The number of hydrogen-bond donors (Lipinski definition) is 2. The topological polar surface area (TPSA) is 83.5 Å². The molecular formula is C29H16Br2Cl3N3O3. The number of H-pyrrole nitrogens is 1. The number of amides is 1. The van der Waals surface area contributed by atoms with Gasteiger partial charge < -0.3 is 9.72 Å². The van der Waals surface area contributed by atoms with Crippen molar-refractivity contribution in [2.24, 2.45) is 5.10 Å². The minimum absolute atomic E-state index is 0.142. The lowest BCUT2D eigenvalue weighted by Gasteiger charge is -2.11. The van der Waals surface area contributed by atoms with Gasteiger partial charge in [-0.2, -0.15) is 5.10 Å². The van der Waals surface area contributed by atoms with Crippen LogP contribution in [-0.4, -0.2) is 23.1 Å². The normalized spacial score (nSPS) is 11.2. The van der Waals surface area contributed by atoms with Gasteiger partial charge in [0.25, 0.3) is 5.91 Å². The first kappa shape index (κ1) is 28.4. The molecule has 1 aromatic heterocycles. The van der Waals surface area contributed by atoms with Crippen LogP contribution in [0.25, 0.3) is 22.0 Å². The fraction of sp³-hybridized carbons (Fsp3) is 0. The predicted molar refractivity (Wildman–Crippen MR) is 167 cm³/mol. The van der Waals surface area contributed by atoms with Gasteiger partial charge in [-0.05, 0) is 58.4 Å². The minimum atomic E-state index is -0.689. The number of nitrogens with zero attached hydrogens (tertiary/aromatic N) is 1. The molecule has 6 nitrogen and oxygen atoms in total. The van der Waals surface area contributed by atoms with Crippen molar-refractivity contribution in [2.75, 3.05) is 0 Å². The number of halogens is 5. The fourth-order valence-corrected chi connectivity index (χ4v) is 6.11. The highest BCUT2D eigenvalue weighted by molar-refractivity contribution is 9.11. The van der Waals surface area contributed by atoms with Gasteiger partial charge in [0.15, 0.2) is 5.75 Å². The van der Waals surface area contributed by atoms with Gasteiger partial charge in [-0.3, -0.25) is 4.79 Å². The van der Waals surface area contributed by atoms with Gasteiger partial charge in [-0.15, -0.1) is 0 Å². The lowest BCUT2D eigenvalue weighted by molar-refractivity contribution is 0.0733. The van der Waals surface area contributed by atoms with Crippen LogP contribution in [0.2, 0.25) is 15.1 Å². The third kappa shape index (κ3) is 5.96. The molecule has 1 amide bonds. The van der Waals surface area contributed by atoms with Crippen molar-refractivity contribution in [3.63, 3.8) is 0 Å². The van der Waals surface area contributed by atoms with Crippen LogP contribution < -0.4 is 10.2 Å². The third-order valence-electron chi connectivity index (χ3n) is 5.83. The maximum absolute atomic E-state index is 13.3. The highest BCUT2D eigenvalue weighted by Crippen LogP contribution is 2.37. The first-order valence-corrected chi connectivity index (χ1v) is 14.3. The summed E-state index contributed by atoms with van der Waals surface area (Å²) in [7, 11) is 0. The summed E-state index contributed by atoms with van der Waals surface area (Å²) in [4.78, 5) is 29.4. The number of para-hydroxylation sites is 1. The molecular weight excluding hydrogens is 705 g/mol. The average molecular weight is 721 g/mol. The van der Waals surface area contributed by atoms with Gasteiger partial charge in [0.2, 0.25) is 0 Å². The Balaban J connectivity index is 1.44. The molecule has 11 heteroatoms. The Morgan fingerprint density at radius 2 is 1.65 bits per heavy atom. The van der Waals surface area contributed by atoms with Crippen LogP contribution in [0.3, 0.4) is 0 Å². The van der Waals surface area contributed by atoms with E-state index in [1.807, 2.05) is 42.5 Å². The summed E-state index contributed by atoms with van der Waals surface area (Å²) in [5.74, 6) is -0.992. The zero-order chi connectivity index (χ0) is 28.4. The summed E-state index contributed by atoms with van der Waals surface area (Å²) in [5, 5.41) is 6.04. The molecule has 1 heterocycles. The number of carbonyl (C=O) groups excluding carboxylic acids is 2. The van der Waals surface area contributed by atoms with Crippen LogP contribution >= 0.6 is 66.7 Å². The van der Waals surface area contributed by atoms with Crippen molar-refractivity contribution in [3.05, 3.63) is 120 Å². The van der Waals surface area contributed by atoms with Gasteiger partial charge in [0.05, 0.1) is 21.3 Å². The number of fused-ring (bicyclic) bond motifs is 1. The maximum Gasteiger partial charge on any atom is 0.345 e. The number of aromatic amines is 1. The second kappa shape index (κ2) is 12.2. The summed E-state index contributed by atoms with van der Waals surface area (Å²) in [6.45, 7) is 0. The van der Waals surface area contributed by atoms with Crippen LogP contribution in [0.1, 0.15) is 26.4 Å². The molecule has 0 saturated carbocycles. The number of nitrogens with one attached hydrogen (secondary N) is 2. The molecule has 5 rings (SSSR count). The second-order valence-corrected chi connectivity index (χ2v) is 11.4. The largest absolute Gasteiger partial charge is 0.421 e. The molecule has 4 aromatic carbocycles. The van der Waals surface area contributed by atoms with Crippen LogP contribution in [0, 0.1) is 0 Å². The summed E-state index contributed by atoms with van der Waals surface area (Å²) in [6.07, 6.45) is 1.37. The number of hydrazone groups is 1. The molecule has 0 unspecified atom stereocenters. The van der Waals surface area contributed by atoms with E-state index in [1.54, 1.807) is 24.3 Å². The predicted octanol–water partition coefficient (Wildman–Crippen LogP) is 9.30. The number of carbonyl (C=O) groups is 2. The van der Waals surface area contributed by atoms with Crippen molar-refractivity contribution in [3.8, 4) is 16.9 Å². The highest BCUT2D eigenvalue weighted by atomic mass is 79.9. The van der Waals surface area contributed by atoms with Gasteiger partial charge in [0.1, 0.15) is 5.69 Å². The Bertz CT molecular complexity index is 1820. The van der Waals surface area contributed by atoms with Gasteiger partial charge in [-0.1, -0.05) is 87.1 Å². The molecule has 0 spiro atoms. The molecule has 0 atom stereocenters. The zero-order valence-electron chi connectivity index (χ0n) is 20.1. The van der Waals surface area contributed by atoms with Crippen LogP contribution in [0.15, 0.2) is 92.9 Å². The molecule has 40 heavy (non-hydrogen) atoms. The summed E-state index contributed by atoms with van der Waals surface area (Å²) in [5.41, 5.74) is 5.54. The first-order valence-electron chi connectivity index (χ1n) is 11.6. The third-order valence-corrected chi connectivity index (χ3v) is 7.75. The summed E-state index contributed by atoms with van der Waals surface area (Å²) >= 11 is 25.5. The maximum atomic E-state index is 13.3. The van der Waals surface area contributed by atoms with Crippen molar-refractivity contribution in [1.82, 2.24) is 10.4 Å². The van der Waals surface area contributed by atoms with E-state index in [0.717, 1.165) is 10.9 Å². The SMILES string of the molecule is O=C(Oc1c(Br)cc(Br)cc1C=NNC(=O)c1[nH]c2ccccc2c1-c1ccccc1Cl)c1ccc(Cl)cc1Cl. The molecule has 0 radical (unpaired) electrons. The number of benzene rings is 4. The lowest BCUT2D eigenvalue weighted by atomic mass is 10.0. The Hall–Kier alpha value is -3.14. The van der Waals surface area contributed by atoms with Crippen molar-refractivity contribution < 1.29 is 14.3 Å². The molecule has 0 saturated heterocycles. The van der Waals surface area contributed by atoms with Gasteiger partial charge in [0, 0.05) is 42.1 Å². The molecule has 200 valence electrons. The van der Waals surface area contributed by atoms with E-state index in [9.17, 15) is 9.59 Å². The van der Waals surface area contributed by atoms with E-state index in [1.165, 1.54) is 18.3 Å². The van der Waals surface area contributed by atoms with Gasteiger partial charge >= 0.3 is 5.97 Å². The quantitative estimate of drug-likeness (QED) is 0.0794. The van der Waals surface area contributed by atoms with Crippen LogP contribution in [0.5, 0.6) is 5.75 Å². The smallest absolute Gasteiger partial charge is 0.345 e. The molecule has 0 aliphatic carbocycles. The van der Waals surface area contributed by atoms with Crippen molar-refractivity contribution in [1.29, 1.82) is 0 Å². The highest BCUT2D eigenvalue weighted by Gasteiger charge is 2.21. The number of hydrogen-bond acceptors (Lipinski definition) is 4. The number of rotatable bonds is 6. The van der Waals surface area contributed by atoms with Crippen LogP contribution in [-0.2, 0) is 0 Å². The lowest BCUT2D eigenvalue weighted by Crippen LogP contribution is -2.19. The van der Waals surface area contributed by atoms with Gasteiger partial charge in [-0.25, -0.2) is 10.2 Å². The minimum Gasteiger partial charge on any atom is -0.421 e. The first-order chi connectivity index (χ1) is 19.2. The van der Waals surface area contributed by atoms with E-state index in [2.05, 4.69) is 47.4 Å². The zero-order valence-corrected chi connectivity index (χ0v) is 25.6. The fourth-order valence-electron chi connectivity index (χ4n) is 4.06. The Labute approximate surface area is 260 Å². The molecule has 2 N–H and O–H groups in total. The summed E-state index contributed by atoms with van der Waals surface area (Å²) in [6, 6.07) is 22.7. The van der Waals surface area contributed by atoms with Crippen LogP contribution in [0.4, 0.5) is 0 Å². The monoisotopic (exact) mass is 717 g/mol. The Morgan fingerprint density at radius 3 is 2.42 bits per heavy atom. The number of esters is 1. The van der Waals surface area contributed by atoms with E-state index >= 15 is 0 Å². The number of ether oxygens (including phenoxy) is 1. The average Bonchev–Trinajstić information content (AvgIpc) is 3.30. The van der Waals surface area contributed by atoms with E-state index < -0.39 is 11.9 Å². The van der Waals surface area contributed by atoms with E-state index in [-0.39, 0.29) is 16.3 Å². The molecule has 0 bridgehead atoms. The summed E-state index contributed by atoms with van der Waals surface area (Å²) < 4.78 is 6.82. The Kier molecular flexibility index (Phi) is 8.63. The molecule has 0 aliphatic heterocycles. The van der Waals surface area contributed by atoms with E-state index in [4.69, 9.17) is 39.5 Å².